The van der Waals surface area contributed by atoms with Crippen molar-refractivity contribution in [1.29, 1.82) is 0 Å². The molecule has 0 N–H and O–H groups in total. The normalized spacial score (nSPS) is 13.8. The van der Waals surface area contributed by atoms with Gasteiger partial charge in [-0.15, -0.1) is 11.3 Å². The fourth-order valence-corrected chi connectivity index (χ4v) is 12.3. The first-order valence-electron chi connectivity index (χ1n) is 17.6. The van der Waals surface area contributed by atoms with Gasteiger partial charge in [-0.25, -0.2) is 0 Å². The molecule has 0 radical (unpaired) electrons. The van der Waals surface area contributed by atoms with Crippen LogP contribution in [-0.4, -0.2) is 8.80 Å². The third-order valence-corrected chi connectivity index (χ3v) is 15.0. The zero-order valence-electron chi connectivity index (χ0n) is 27.9. The van der Waals surface area contributed by atoms with Gasteiger partial charge >= 0.3 is 0 Å². The first-order chi connectivity index (χ1) is 25.2. The molecule has 0 spiro atoms. The van der Waals surface area contributed by atoms with Crippen LogP contribution < -0.4 is 15.3 Å². The largest absolute Gasteiger partial charge is 0.456 e. The second-order valence-corrected chi connectivity index (χ2v) is 17.4. The van der Waals surface area contributed by atoms with Crippen molar-refractivity contribution in [3.63, 3.8) is 0 Å². The number of hydrogen-bond donors (Lipinski definition) is 0. The van der Waals surface area contributed by atoms with Gasteiger partial charge in [0.2, 0.25) is 0 Å². The first kappa shape index (κ1) is 28.9. The minimum Gasteiger partial charge on any atom is -0.456 e. The van der Waals surface area contributed by atoms with E-state index in [9.17, 15) is 0 Å². The third kappa shape index (κ3) is 4.27. The summed E-state index contributed by atoms with van der Waals surface area (Å²) in [6.45, 7) is 2.46. The molecule has 2 aromatic heterocycles. The fourth-order valence-electron chi connectivity index (χ4n) is 8.52. The molecule has 0 bridgehead atoms. The molecule has 8 aromatic carbocycles. The van der Waals surface area contributed by atoms with E-state index < -0.39 is 8.80 Å². The Labute approximate surface area is 301 Å². The molecular formula is C47H31NOSSi. The van der Waals surface area contributed by atoms with Gasteiger partial charge in [-0.3, -0.25) is 0 Å². The number of benzene rings is 8. The van der Waals surface area contributed by atoms with Gasteiger partial charge in [0.25, 0.3) is 0 Å². The number of rotatable bonds is 4. The Morgan fingerprint density at radius 3 is 2.18 bits per heavy atom. The van der Waals surface area contributed by atoms with Crippen molar-refractivity contribution < 1.29 is 4.42 Å². The molecule has 240 valence electrons. The highest BCUT2D eigenvalue weighted by atomic mass is 32.1. The minimum absolute atomic E-state index is 0.900. The Morgan fingerprint density at radius 2 is 1.27 bits per heavy atom. The summed E-state index contributed by atoms with van der Waals surface area (Å²) in [4.78, 5) is 2.44. The van der Waals surface area contributed by atoms with Gasteiger partial charge in [-0.1, -0.05) is 127 Å². The second-order valence-electron chi connectivity index (χ2n) is 13.7. The van der Waals surface area contributed by atoms with Crippen LogP contribution >= 0.6 is 11.3 Å². The van der Waals surface area contributed by atoms with Crippen molar-refractivity contribution >= 4 is 100 Å². The quantitative estimate of drug-likeness (QED) is 0.171. The topological polar surface area (TPSA) is 16.4 Å². The van der Waals surface area contributed by atoms with Gasteiger partial charge in [-0.2, -0.15) is 0 Å². The van der Waals surface area contributed by atoms with Crippen LogP contribution in [0.2, 0.25) is 6.55 Å². The van der Waals surface area contributed by atoms with Crippen molar-refractivity contribution in [3.8, 4) is 22.3 Å². The van der Waals surface area contributed by atoms with E-state index in [0.29, 0.717) is 0 Å². The number of thiophene rings is 1. The van der Waals surface area contributed by atoms with Gasteiger partial charge in [-0.05, 0) is 75.1 Å². The van der Waals surface area contributed by atoms with Crippen LogP contribution in [0.15, 0.2) is 168 Å². The van der Waals surface area contributed by atoms with E-state index in [4.69, 9.17) is 4.42 Å². The molecule has 1 atom stereocenters. The molecule has 10 aromatic rings. The number of nitrogens with zero attached hydrogens (tertiary/aromatic N) is 1. The monoisotopic (exact) mass is 685 g/mol. The Kier molecular flexibility index (Phi) is 6.24. The van der Waals surface area contributed by atoms with Crippen LogP contribution in [0.3, 0.4) is 0 Å². The van der Waals surface area contributed by atoms with E-state index >= 15 is 0 Å². The maximum absolute atomic E-state index is 6.76. The summed E-state index contributed by atoms with van der Waals surface area (Å²) in [5.41, 5.74) is 10.4. The number of hydrogen-bond acceptors (Lipinski definition) is 3. The van der Waals surface area contributed by atoms with E-state index in [2.05, 4.69) is 175 Å². The van der Waals surface area contributed by atoms with Crippen LogP contribution in [0.5, 0.6) is 0 Å². The second kappa shape index (κ2) is 11.0. The van der Waals surface area contributed by atoms with E-state index in [-0.39, 0.29) is 0 Å². The number of anilines is 3. The standard InChI is InChI=1S/C47H31NOSSi/c1-51-42-16-8-7-14-36(42)44-38(15-9-17-43(44)51)48(32-21-18-30(19-22-32)29-10-3-2-4-11-29)33-23-25-35-40(28-33)49-39-26-27-41-46(45(35)39)37-24-20-31-12-5-6-13-34(31)47(37)50-41/h2-28,51H,1H3. The van der Waals surface area contributed by atoms with Crippen LogP contribution in [0.25, 0.3) is 75.1 Å². The van der Waals surface area contributed by atoms with Crippen LogP contribution in [-0.2, 0) is 0 Å². The molecule has 0 aliphatic carbocycles. The summed E-state index contributed by atoms with van der Waals surface area (Å²) in [5, 5.41) is 10.5. The third-order valence-electron chi connectivity index (χ3n) is 10.9. The van der Waals surface area contributed by atoms with Crippen LogP contribution in [0.4, 0.5) is 17.1 Å². The van der Waals surface area contributed by atoms with Crippen LogP contribution in [0, 0.1) is 0 Å². The Morgan fingerprint density at radius 1 is 0.529 bits per heavy atom. The SMILES string of the molecule is C[SiH]1c2ccccc2-c2c(N(c3ccc(-c4ccccc4)cc3)c3ccc4c(c3)oc3ccc5sc6c7ccccc7ccc6c5c34)cccc21. The van der Waals surface area contributed by atoms with Crippen molar-refractivity contribution in [2.24, 2.45) is 0 Å². The molecule has 51 heavy (non-hydrogen) atoms. The lowest BCUT2D eigenvalue weighted by molar-refractivity contribution is 0.669. The summed E-state index contributed by atoms with van der Waals surface area (Å²) in [7, 11) is -1.31. The highest BCUT2D eigenvalue weighted by Crippen LogP contribution is 2.47. The van der Waals surface area contributed by atoms with Crippen molar-refractivity contribution in [2.45, 2.75) is 6.55 Å². The fraction of sp³-hybridized carbons (Fsp3) is 0.0213. The van der Waals surface area contributed by atoms with E-state index in [0.717, 1.165) is 27.9 Å². The molecular weight excluding hydrogens is 655 g/mol. The zero-order valence-corrected chi connectivity index (χ0v) is 29.9. The lowest BCUT2D eigenvalue weighted by Gasteiger charge is -2.28. The molecule has 1 unspecified atom stereocenters. The molecule has 2 nitrogen and oxygen atoms in total. The van der Waals surface area contributed by atoms with Crippen LogP contribution in [0.1, 0.15) is 0 Å². The predicted molar refractivity (Wildman–Crippen MR) is 222 cm³/mol. The lowest BCUT2D eigenvalue weighted by atomic mass is 10.0. The van der Waals surface area contributed by atoms with Gasteiger partial charge in [0.1, 0.15) is 20.0 Å². The average Bonchev–Trinajstić information content (AvgIpc) is 3.85. The number of fused-ring (bicyclic) bond motifs is 12. The summed E-state index contributed by atoms with van der Waals surface area (Å²) in [6, 6.07) is 60.0. The molecule has 11 rings (SSSR count). The molecule has 0 saturated carbocycles. The summed E-state index contributed by atoms with van der Waals surface area (Å²) in [5.74, 6) is 0. The van der Waals surface area contributed by atoms with E-state index in [1.54, 1.807) is 0 Å². The van der Waals surface area contributed by atoms with Gasteiger partial charge in [0.15, 0.2) is 0 Å². The Balaban J connectivity index is 1.14. The Bertz CT molecular complexity index is 2990. The Hall–Kier alpha value is -5.94. The highest BCUT2D eigenvalue weighted by molar-refractivity contribution is 7.27. The molecule has 1 aliphatic rings. The smallest absolute Gasteiger partial charge is 0.137 e. The summed E-state index contributed by atoms with van der Waals surface area (Å²) >= 11 is 1.88. The lowest BCUT2D eigenvalue weighted by Crippen LogP contribution is -2.34. The summed E-state index contributed by atoms with van der Waals surface area (Å²) in [6.07, 6.45) is 0. The van der Waals surface area contributed by atoms with Crippen molar-refractivity contribution in [1.82, 2.24) is 0 Å². The van der Waals surface area contributed by atoms with E-state index in [1.807, 2.05) is 11.3 Å². The molecule has 3 heterocycles. The highest BCUT2D eigenvalue weighted by Gasteiger charge is 2.31. The molecule has 0 saturated heterocycles. The maximum Gasteiger partial charge on any atom is 0.137 e. The van der Waals surface area contributed by atoms with Gasteiger partial charge in [0.05, 0.1) is 5.69 Å². The zero-order chi connectivity index (χ0) is 33.6. The molecule has 4 heteroatoms. The van der Waals surface area contributed by atoms with Crippen molar-refractivity contribution in [2.75, 3.05) is 4.90 Å². The predicted octanol–water partition coefficient (Wildman–Crippen LogP) is 12.2. The summed E-state index contributed by atoms with van der Waals surface area (Å²) < 4.78 is 9.38. The average molecular weight is 686 g/mol. The van der Waals surface area contributed by atoms with E-state index in [1.165, 1.54) is 74.6 Å². The first-order valence-corrected chi connectivity index (χ1v) is 20.7. The van der Waals surface area contributed by atoms with Gasteiger partial charge < -0.3 is 9.32 Å². The molecule has 0 fully saturated rings. The van der Waals surface area contributed by atoms with Gasteiger partial charge in [0, 0.05) is 53.9 Å². The maximum atomic E-state index is 6.76. The molecule has 0 amide bonds. The minimum atomic E-state index is -1.31. The van der Waals surface area contributed by atoms with Crippen molar-refractivity contribution in [3.05, 3.63) is 164 Å². The molecule has 1 aliphatic heterocycles. The number of furan rings is 1.